The van der Waals surface area contributed by atoms with Crippen molar-refractivity contribution < 1.29 is 22.7 Å². The van der Waals surface area contributed by atoms with Crippen LogP contribution in [-0.4, -0.2) is 49.4 Å². The Morgan fingerprint density at radius 1 is 1.23 bits per heavy atom. The minimum absolute atomic E-state index is 0.131. The Kier molecular flexibility index (Phi) is 5.59. The molecular weight excluding hydrogens is 376 g/mol. The summed E-state index contributed by atoms with van der Waals surface area (Å²) >= 11 is 0.976. The van der Waals surface area contributed by atoms with Gasteiger partial charge in [-0.3, -0.25) is 14.5 Å². The van der Waals surface area contributed by atoms with Crippen molar-refractivity contribution in [3.05, 3.63) is 23.8 Å². The Hall–Kier alpha value is -1.58. The minimum Gasteiger partial charge on any atom is -0.496 e. The molecule has 26 heavy (non-hydrogen) atoms. The van der Waals surface area contributed by atoms with Crippen LogP contribution in [0.1, 0.15) is 31.2 Å². The molecule has 7 nitrogen and oxygen atoms in total. The zero-order valence-electron chi connectivity index (χ0n) is 14.7. The molecule has 2 fully saturated rings. The first kappa shape index (κ1) is 19.2. The van der Waals surface area contributed by atoms with Gasteiger partial charge >= 0.3 is 0 Å². The van der Waals surface area contributed by atoms with E-state index in [1.807, 2.05) is 0 Å². The molecule has 142 valence electrons. The number of carbonyl (C=O) groups is 2. The van der Waals surface area contributed by atoms with Gasteiger partial charge in [0, 0.05) is 6.04 Å². The van der Waals surface area contributed by atoms with E-state index in [0.717, 1.165) is 30.2 Å². The van der Waals surface area contributed by atoms with E-state index in [0.29, 0.717) is 18.6 Å². The van der Waals surface area contributed by atoms with E-state index < -0.39 is 22.1 Å². The second-order valence-corrected chi connectivity index (χ2v) is 9.17. The lowest BCUT2D eigenvalue weighted by molar-refractivity contribution is -0.127. The van der Waals surface area contributed by atoms with E-state index >= 15 is 0 Å². The second kappa shape index (κ2) is 7.58. The summed E-state index contributed by atoms with van der Waals surface area (Å²) in [6, 6.07) is 3.78. The van der Waals surface area contributed by atoms with E-state index in [1.165, 1.54) is 18.1 Å². The van der Waals surface area contributed by atoms with Gasteiger partial charge in [0.2, 0.25) is 15.9 Å². The minimum atomic E-state index is -3.77. The average molecular weight is 399 g/mol. The number of imide groups is 1. The van der Waals surface area contributed by atoms with Crippen LogP contribution in [0.2, 0.25) is 0 Å². The highest BCUT2D eigenvalue weighted by Gasteiger charge is 2.42. The summed E-state index contributed by atoms with van der Waals surface area (Å²) in [5.41, 5.74) is 0.719. The van der Waals surface area contributed by atoms with Gasteiger partial charge in [-0.05, 0) is 43.5 Å². The Morgan fingerprint density at radius 3 is 2.58 bits per heavy atom. The monoisotopic (exact) mass is 398 g/mol. The Balaban J connectivity index is 1.83. The van der Waals surface area contributed by atoms with Gasteiger partial charge in [-0.25, -0.2) is 13.1 Å². The van der Waals surface area contributed by atoms with Gasteiger partial charge in [0.1, 0.15) is 5.75 Å². The van der Waals surface area contributed by atoms with Crippen LogP contribution >= 0.6 is 11.8 Å². The average Bonchev–Trinajstić information content (AvgIpc) is 2.93. The number of nitrogens with one attached hydrogen (secondary N) is 1. The fraction of sp³-hybridized carbons (Fsp3) is 0.529. The van der Waals surface area contributed by atoms with Crippen LogP contribution in [0, 0.1) is 6.92 Å². The summed E-state index contributed by atoms with van der Waals surface area (Å²) in [6.07, 6.45) is 2.94. The molecule has 0 unspecified atom stereocenters. The first-order chi connectivity index (χ1) is 12.3. The molecule has 1 saturated heterocycles. The third-order valence-corrected chi connectivity index (χ3v) is 7.15. The van der Waals surface area contributed by atoms with E-state index in [9.17, 15) is 18.0 Å². The number of amides is 2. The maximum atomic E-state index is 12.8. The maximum Gasteiger partial charge on any atom is 0.289 e. The largest absolute Gasteiger partial charge is 0.496 e. The SMILES string of the molecule is COc1ccc(S(=O)(=O)N[C@H]2CCCC[C@@H]2N2C(=O)CSC2=O)cc1C. The Bertz CT molecular complexity index is 808. The van der Waals surface area contributed by atoms with Crippen LogP contribution in [0.15, 0.2) is 23.1 Å². The van der Waals surface area contributed by atoms with Gasteiger partial charge in [0.15, 0.2) is 0 Å². The van der Waals surface area contributed by atoms with Crippen molar-refractivity contribution >= 4 is 32.9 Å². The number of hydrogen-bond acceptors (Lipinski definition) is 6. The molecule has 0 aromatic heterocycles. The van der Waals surface area contributed by atoms with E-state index in [2.05, 4.69) is 4.72 Å². The van der Waals surface area contributed by atoms with Crippen LogP contribution in [0.5, 0.6) is 5.75 Å². The van der Waals surface area contributed by atoms with E-state index in [1.54, 1.807) is 19.1 Å². The third-order valence-electron chi connectivity index (χ3n) is 4.83. The highest BCUT2D eigenvalue weighted by atomic mass is 32.2. The summed E-state index contributed by atoms with van der Waals surface area (Å²) < 4.78 is 33.6. The highest BCUT2D eigenvalue weighted by molar-refractivity contribution is 8.14. The number of methoxy groups -OCH3 is 1. The predicted molar refractivity (Wildman–Crippen MR) is 98.8 cm³/mol. The Morgan fingerprint density at radius 2 is 1.96 bits per heavy atom. The number of carbonyl (C=O) groups excluding carboxylic acids is 2. The Labute approximate surface area is 157 Å². The molecule has 0 bridgehead atoms. The molecule has 1 aliphatic heterocycles. The number of thioether (sulfide) groups is 1. The van der Waals surface area contributed by atoms with Crippen molar-refractivity contribution in [3.63, 3.8) is 0 Å². The first-order valence-corrected chi connectivity index (χ1v) is 11.0. The van der Waals surface area contributed by atoms with Gasteiger partial charge in [-0.1, -0.05) is 24.6 Å². The number of aryl methyl sites for hydroxylation is 1. The molecule has 2 aliphatic rings. The van der Waals surface area contributed by atoms with Crippen LogP contribution in [0.4, 0.5) is 4.79 Å². The standard InChI is InChI=1S/C17H22N2O5S2/c1-11-9-12(7-8-15(11)24-2)26(22,23)18-13-5-3-4-6-14(13)19-16(20)10-25-17(19)21/h7-9,13-14,18H,3-6,10H2,1-2H3/t13-,14-/m0/s1. The van der Waals surface area contributed by atoms with E-state index in [-0.39, 0.29) is 21.8 Å². The fourth-order valence-corrected chi connectivity index (χ4v) is 5.68. The van der Waals surface area contributed by atoms with E-state index in [4.69, 9.17) is 4.74 Å². The normalized spacial score (nSPS) is 24.2. The lowest BCUT2D eigenvalue weighted by Gasteiger charge is -2.36. The van der Waals surface area contributed by atoms with Gasteiger partial charge in [0.25, 0.3) is 5.24 Å². The number of nitrogens with zero attached hydrogens (tertiary/aromatic N) is 1. The molecule has 2 amide bonds. The molecular formula is C17H22N2O5S2. The first-order valence-electron chi connectivity index (χ1n) is 8.49. The number of benzene rings is 1. The lowest BCUT2D eigenvalue weighted by atomic mass is 9.90. The van der Waals surface area contributed by atoms with Crippen molar-refractivity contribution in [3.8, 4) is 5.75 Å². The molecule has 1 aromatic carbocycles. The molecule has 0 radical (unpaired) electrons. The van der Waals surface area contributed by atoms with Crippen molar-refractivity contribution in [2.24, 2.45) is 0 Å². The number of rotatable bonds is 5. The maximum absolute atomic E-state index is 12.8. The third kappa shape index (κ3) is 3.74. The van der Waals surface area contributed by atoms with Gasteiger partial charge in [-0.2, -0.15) is 0 Å². The summed E-state index contributed by atoms with van der Waals surface area (Å²) in [5.74, 6) is 0.508. The molecule has 1 saturated carbocycles. The highest BCUT2D eigenvalue weighted by Crippen LogP contribution is 2.31. The van der Waals surface area contributed by atoms with Crippen LogP contribution < -0.4 is 9.46 Å². The summed E-state index contributed by atoms with van der Waals surface area (Å²) in [7, 11) is -2.24. The molecule has 0 spiro atoms. The zero-order chi connectivity index (χ0) is 18.9. The topological polar surface area (TPSA) is 92.8 Å². The second-order valence-electron chi connectivity index (χ2n) is 6.53. The molecule has 2 atom stereocenters. The number of hydrogen-bond donors (Lipinski definition) is 1. The molecule has 3 rings (SSSR count). The van der Waals surface area contributed by atoms with Crippen molar-refractivity contribution in [1.29, 1.82) is 0 Å². The van der Waals surface area contributed by atoms with Crippen LogP contribution in [-0.2, 0) is 14.8 Å². The summed E-state index contributed by atoms with van der Waals surface area (Å²) in [6.45, 7) is 1.78. The van der Waals surface area contributed by atoms with Gasteiger partial charge < -0.3 is 4.74 Å². The molecule has 1 aliphatic carbocycles. The number of ether oxygens (including phenoxy) is 1. The zero-order valence-corrected chi connectivity index (χ0v) is 16.4. The van der Waals surface area contributed by atoms with Gasteiger partial charge in [0.05, 0.1) is 23.8 Å². The summed E-state index contributed by atoms with van der Waals surface area (Å²) in [5, 5.41) is -0.286. The quantitative estimate of drug-likeness (QED) is 0.818. The molecule has 9 heteroatoms. The van der Waals surface area contributed by atoms with Crippen molar-refractivity contribution in [2.75, 3.05) is 12.9 Å². The molecule has 1 heterocycles. The lowest BCUT2D eigenvalue weighted by Crippen LogP contribution is -2.54. The molecule has 1 aromatic rings. The van der Waals surface area contributed by atoms with Crippen molar-refractivity contribution in [1.82, 2.24) is 9.62 Å². The smallest absolute Gasteiger partial charge is 0.289 e. The summed E-state index contributed by atoms with van der Waals surface area (Å²) in [4.78, 5) is 25.5. The number of sulfonamides is 1. The molecule has 1 N–H and O–H groups in total. The van der Waals surface area contributed by atoms with Crippen LogP contribution in [0.3, 0.4) is 0 Å². The van der Waals surface area contributed by atoms with Crippen LogP contribution in [0.25, 0.3) is 0 Å². The van der Waals surface area contributed by atoms with Gasteiger partial charge in [-0.15, -0.1) is 0 Å². The fourth-order valence-electron chi connectivity index (χ4n) is 3.53. The van der Waals surface area contributed by atoms with Crippen molar-refractivity contribution in [2.45, 2.75) is 49.6 Å². The predicted octanol–water partition coefficient (Wildman–Crippen LogP) is 2.29.